The molecule has 0 bridgehead atoms. The van der Waals surface area contributed by atoms with E-state index < -0.39 is 30.0 Å². The SMILES string of the molecule is O=C(O)[C@@H]1C[C@@H](O)CN1C(=O)NCc1cccc(F)c1. The second-order valence-corrected chi connectivity index (χ2v) is 4.68. The van der Waals surface area contributed by atoms with Crippen LogP contribution in [0.1, 0.15) is 12.0 Å². The van der Waals surface area contributed by atoms with Crippen LogP contribution in [0, 0.1) is 5.82 Å². The van der Waals surface area contributed by atoms with Crippen LogP contribution in [0.2, 0.25) is 0 Å². The van der Waals surface area contributed by atoms with Crippen LogP contribution >= 0.6 is 0 Å². The molecular formula is C13H15FN2O4. The Morgan fingerprint density at radius 1 is 1.45 bits per heavy atom. The summed E-state index contributed by atoms with van der Waals surface area (Å²) < 4.78 is 13.0. The number of hydrogen-bond acceptors (Lipinski definition) is 3. The van der Waals surface area contributed by atoms with Crippen molar-refractivity contribution >= 4 is 12.0 Å². The van der Waals surface area contributed by atoms with Gasteiger partial charge in [-0.05, 0) is 17.7 Å². The van der Waals surface area contributed by atoms with Crippen molar-refractivity contribution in [2.45, 2.75) is 25.1 Å². The zero-order valence-electron chi connectivity index (χ0n) is 10.6. The van der Waals surface area contributed by atoms with Crippen molar-refractivity contribution < 1.29 is 24.2 Å². The number of benzene rings is 1. The lowest BCUT2D eigenvalue weighted by atomic mass is 10.2. The average Bonchev–Trinajstić information content (AvgIpc) is 2.78. The van der Waals surface area contributed by atoms with E-state index in [4.69, 9.17) is 5.11 Å². The fraction of sp³-hybridized carbons (Fsp3) is 0.385. The molecular weight excluding hydrogens is 267 g/mol. The average molecular weight is 282 g/mol. The molecule has 0 aromatic heterocycles. The molecule has 1 aliphatic rings. The molecule has 0 radical (unpaired) electrons. The van der Waals surface area contributed by atoms with Gasteiger partial charge >= 0.3 is 12.0 Å². The summed E-state index contributed by atoms with van der Waals surface area (Å²) in [5.74, 6) is -1.56. The van der Waals surface area contributed by atoms with E-state index in [1.165, 1.54) is 18.2 Å². The minimum absolute atomic E-state index is 0.0166. The molecule has 2 amide bonds. The number of carbonyl (C=O) groups excluding carboxylic acids is 1. The Morgan fingerprint density at radius 3 is 2.85 bits per heavy atom. The fourth-order valence-electron chi connectivity index (χ4n) is 2.20. The lowest BCUT2D eigenvalue weighted by Crippen LogP contribution is -2.45. The molecule has 1 saturated heterocycles. The van der Waals surface area contributed by atoms with Crippen LogP contribution in [-0.2, 0) is 11.3 Å². The maximum atomic E-state index is 13.0. The lowest BCUT2D eigenvalue weighted by molar-refractivity contribution is -0.141. The molecule has 0 aliphatic carbocycles. The molecule has 6 nitrogen and oxygen atoms in total. The van der Waals surface area contributed by atoms with E-state index in [1.807, 2.05) is 0 Å². The molecule has 1 fully saturated rings. The Balaban J connectivity index is 1.96. The van der Waals surface area contributed by atoms with Crippen molar-refractivity contribution in [1.29, 1.82) is 0 Å². The number of aliphatic carboxylic acids is 1. The van der Waals surface area contributed by atoms with Gasteiger partial charge in [-0.3, -0.25) is 0 Å². The number of carboxylic acids is 1. The maximum Gasteiger partial charge on any atom is 0.326 e. The van der Waals surface area contributed by atoms with E-state index in [1.54, 1.807) is 6.07 Å². The highest BCUT2D eigenvalue weighted by Crippen LogP contribution is 2.18. The van der Waals surface area contributed by atoms with Gasteiger partial charge in [0.05, 0.1) is 6.10 Å². The Bertz CT molecular complexity index is 523. The van der Waals surface area contributed by atoms with Crippen LogP contribution in [0.4, 0.5) is 9.18 Å². The Hall–Kier alpha value is -2.15. The number of aliphatic hydroxyl groups is 1. The number of nitrogens with zero attached hydrogens (tertiary/aromatic N) is 1. The molecule has 0 spiro atoms. The second-order valence-electron chi connectivity index (χ2n) is 4.68. The smallest absolute Gasteiger partial charge is 0.326 e. The van der Waals surface area contributed by atoms with E-state index in [2.05, 4.69) is 5.32 Å². The Labute approximate surface area is 114 Å². The van der Waals surface area contributed by atoms with E-state index in [0.29, 0.717) is 5.56 Å². The number of carboxylic acid groups (broad SMARTS) is 1. The predicted octanol–water partition coefficient (Wildman–Crippen LogP) is 0.555. The summed E-state index contributed by atoms with van der Waals surface area (Å²) in [5, 5.41) is 21.0. The van der Waals surface area contributed by atoms with Crippen molar-refractivity contribution in [3.8, 4) is 0 Å². The van der Waals surface area contributed by atoms with Gasteiger partial charge in [-0.25, -0.2) is 14.0 Å². The molecule has 1 aromatic rings. The summed E-state index contributed by atoms with van der Waals surface area (Å²) in [7, 11) is 0. The molecule has 3 N–H and O–H groups in total. The summed E-state index contributed by atoms with van der Waals surface area (Å²) in [5.41, 5.74) is 0.574. The molecule has 2 atom stereocenters. The first-order valence-electron chi connectivity index (χ1n) is 6.17. The van der Waals surface area contributed by atoms with Crippen molar-refractivity contribution in [2.24, 2.45) is 0 Å². The Kier molecular flexibility index (Phi) is 4.19. The molecule has 0 unspecified atom stereocenters. The topological polar surface area (TPSA) is 89.9 Å². The van der Waals surface area contributed by atoms with Gasteiger partial charge in [0.2, 0.25) is 0 Å². The summed E-state index contributed by atoms with van der Waals surface area (Å²) in [6.45, 7) is 0.0709. The van der Waals surface area contributed by atoms with E-state index in [0.717, 1.165) is 4.90 Å². The molecule has 2 rings (SSSR count). The molecule has 1 aliphatic heterocycles. The zero-order valence-corrected chi connectivity index (χ0v) is 10.6. The van der Waals surface area contributed by atoms with Crippen molar-refractivity contribution in [3.63, 3.8) is 0 Å². The lowest BCUT2D eigenvalue weighted by Gasteiger charge is -2.21. The number of rotatable bonds is 3. The second kappa shape index (κ2) is 5.87. The number of β-amino-alcohol motifs (C(OH)–C–C–N with tert-alkyl or cyclic N) is 1. The molecule has 20 heavy (non-hydrogen) atoms. The highest BCUT2D eigenvalue weighted by atomic mass is 19.1. The van der Waals surface area contributed by atoms with Crippen LogP contribution in [0.3, 0.4) is 0 Å². The number of halogens is 1. The van der Waals surface area contributed by atoms with Gasteiger partial charge in [-0.15, -0.1) is 0 Å². The quantitative estimate of drug-likeness (QED) is 0.755. The fourth-order valence-corrected chi connectivity index (χ4v) is 2.20. The zero-order chi connectivity index (χ0) is 14.7. The number of carbonyl (C=O) groups is 2. The van der Waals surface area contributed by atoms with Crippen molar-refractivity contribution in [2.75, 3.05) is 6.54 Å². The normalized spacial score (nSPS) is 21.8. The molecule has 1 aromatic carbocycles. The predicted molar refractivity (Wildman–Crippen MR) is 67.4 cm³/mol. The number of likely N-dealkylation sites (tertiary alicyclic amines) is 1. The van der Waals surface area contributed by atoms with Gasteiger partial charge in [0.25, 0.3) is 0 Å². The van der Waals surface area contributed by atoms with Gasteiger partial charge in [-0.1, -0.05) is 12.1 Å². The van der Waals surface area contributed by atoms with Crippen LogP contribution in [0.25, 0.3) is 0 Å². The van der Waals surface area contributed by atoms with Gasteiger partial charge in [0, 0.05) is 19.5 Å². The first-order chi connectivity index (χ1) is 9.47. The summed E-state index contributed by atoms with van der Waals surface area (Å²) >= 11 is 0. The molecule has 108 valence electrons. The highest BCUT2D eigenvalue weighted by molar-refractivity contribution is 5.83. The monoisotopic (exact) mass is 282 g/mol. The number of aliphatic hydroxyl groups excluding tert-OH is 1. The van der Waals surface area contributed by atoms with Gasteiger partial charge in [-0.2, -0.15) is 0 Å². The maximum absolute atomic E-state index is 13.0. The van der Waals surface area contributed by atoms with Gasteiger partial charge < -0.3 is 20.4 Å². The van der Waals surface area contributed by atoms with E-state index in [-0.39, 0.29) is 19.5 Å². The minimum Gasteiger partial charge on any atom is -0.480 e. The highest BCUT2D eigenvalue weighted by Gasteiger charge is 2.38. The summed E-state index contributed by atoms with van der Waals surface area (Å²) in [4.78, 5) is 24.0. The third-order valence-electron chi connectivity index (χ3n) is 3.16. The first kappa shape index (κ1) is 14.3. The molecule has 0 saturated carbocycles. The van der Waals surface area contributed by atoms with Gasteiger partial charge in [0.1, 0.15) is 11.9 Å². The number of hydrogen-bond donors (Lipinski definition) is 3. The summed E-state index contributed by atoms with van der Waals surface area (Å²) in [6, 6.07) is 4.14. The third-order valence-corrected chi connectivity index (χ3v) is 3.16. The largest absolute Gasteiger partial charge is 0.480 e. The van der Waals surface area contributed by atoms with E-state index in [9.17, 15) is 19.1 Å². The van der Waals surface area contributed by atoms with Crippen LogP contribution < -0.4 is 5.32 Å². The van der Waals surface area contributed by atoms with Gasteiger partial charge in [0.15, 0.2) is 0 Å². The van der Waals surface area contributed by atoms with Crippen molar-refractivity contribution in [1.82, 2.24) is 10.2 Å². The van der Waals surface area contributed by atoms with Crippen LogP contribution in [0.5, 0.6) is 0 Å². The molecule has 7 heteroatoms. The number of amides is 2. The van der Waals surface area contributed by atoms with Crippen LogP contribution in [-0.4, -0.2) is 45.8 Å². The molecule has 1 heterocycles. The number of nitrogens with one attached hydrogen (secondary N) is 1. The minimum atomic E-state index is -1.15. The summed E-state index contributed by atoms with van der Waals surface area (Å²) in [6.07, 6.45) is -0.820. The standard InChI is InChI=1S/C13H15FN2O4/c14-9-3-1-2-8(4-9)6-15-13(20)16-7-10(17)5-11(16)12(18)19/h1-4,10-11,17H,5-7H2,(H,15,20)(H,18,19)/t10-,11+/m1/s1. The Morgan fingerprint density at radius 2 is 2.20 bits per heavy atom. The number of urea groups is 1. The van der Waals surface area contributed by atoms with Crippen LogP contribution in [0.15, 0.2) is 24.3 Å². The third kappa shape index (κ3) is 3.24. The van der Waals surface area contributed by atoms with E-state index >= 15 is 0 Å². The first-order valence-corrected chi connectivity index (χ1v) is 6.17. The van der Waals surface area contributed by atoms with Crippen molar-refractivity contribution in [3.05, 3.63) is 35.6 Å².